The first-order chi connectivity index (χ1) is 9.27. The molecule has 0 aromatic rings. The number of nitrogens with zero attached hydrogens (tertiary/aromatic N) is 2. The molecule has 1 rings (SSSR count). The summed E-state index contributed by atoms with van der Waals surface area (Å²) >= 11 is 0. The number of carbonyl (C=O) groups excluding carboxylic acids is 5. The summed E-state index contributed by atoms with van der Waals surface area (Å²) in [6, 6.07) is -3.31. The number of ketones is 2. The maximum atomic E-state index is 12.2. The first-order valence-electron chi connectivity index (χ1n) is 6.46. The third-order valence-electron chi connectivity index (χ3n) is 3.30. The molecular weight excluding hydrogens is 264 g/mol. The van der Waals surface area contributed by atoms with Gasteiger partial charge in [0.2, 0.25) is 11.8 Å². The zero-order chi connectivity index (χ0) is 15.6. The second-order valence-corrected chi connectivity index (χ2v) is 4.59. The van der Waals surface area contributed by atoms with Crippen molar-refractivity contribution in [2.24, 2.45) is 0 Å². The molecule has 0 spiro atoms. The van der Waals surface area contributed by atoms with Crippen LogP contribution in [0.15, 0.2) is 0 Å². The molecule has 2 unspecified atom stereocenters. The van der Waals surface area contributed by atoms with Crippen LogP contribution < -0.4 is 0 Å². The quantitative estimate of drug-likeness (QED) is 0.749. The monoisotopic (exact) mass is 282 g/mol. The molecule has 0 radical (unpaired) electrons. The third-order valence-corrected chi connectivity index (χ3v) is 3.30. The number of hydrogen-bond acceptors (Lipinski definition) is 5. The van der Waals surface area contributed by atoms with Crippen LogP contribution in [-0.4, -0.2) is 51.3 Å². The first-order valence-corrected chi connectivity index (χ1v) is 6.46. The number of hydrogen-bond donors (Lipinski definition) is 0. The van der Waals surface area contributed by atoms with Gasteiger partial charge in [0.1, 0.15) is 12.1 Å². The van der Waals surface area contributed by atoms with Crippen molar-refractivity contribution in [3.05, 3.63) is 0 Å². The summed E-state index contributed by atoms with van der Waals surface area (Å²) in [7, 11) is 0. The third kappa shape index (κ3) is 2.48. The average Bonchev–Trinajstić information content (AvgIpc) is 2.70. The van der Waals surface area contributed by atoms with E-state index in [1.807, 2.05) is 0 Å². The minimum Gasteiger partial charge on any atom is -0.297 e. The minimum atomic E-state index is -1.21. The highest BCUT2D eigenvalue weighted by Crippen LogP contribution is 2.26. The fourth-order valence-electron chi connectivity index (χ4n) is 2.36. The van der Waals surface area contributed by atoms with Crippen LogP contribution in [0.5, 0.6) is 0 Å². The summed E-state index contributed by atoms with van der Waals surface area (Å²) in [5.74, 6) is -2.13. The van der Waals surface area contributed by atoms with E-state index < -0.39 is 41.5 Å². The Hall–Kier alpha value is -2.05. The highest BCUT2D eigenvalue weighted by atomic mass is 16.2. The van der Waals surface area contributed by atoms with Crippen molar-refractivity contribution in [3.8, 4) is 0 Å². The molecule has 1 fully saturated rings. The lowest BCUT2D eigenvalue weighted by Gasteiger charge is -2.22. The van der Waals surface area contributed by atoms with E-state index in [0.717, 1.165) is 13.8 Å². The highest BCUT2D eigenvalue weighted by Gasteiger charge is 2.54. The smallest absolute Gasteiger partial charge is 0.297 e. The molecular formula is C13H18N2O5. The van der Waals surface area contributed by atoms with Gasteiger partial charge in [-0.25, -0.2) is 4.79 Å². The maximum Gasteiger partial charge on any atom is 0.334 e. The van der Waals surface area contributed by atoms with Crippen LogP contribution in [0.2, 0.25) is 0 Å². The van der Waals surface area contributed by atoms with Gasteiger partial charge in [-0.15, -0.1) is 0 Å². The Kier molecular flexibility index (Phi) is 4.75. The minimum absolute atomic E-state index is 0.0704. The van der Waals surface area contributed by atoms with Crippen LogP contribution in [0.1, 0.15) is 40.5 Å². The van der Waals surface area contributed by atoms with E-state index >= 15 is 0 Å². The van der Waals surface area contributed by atoms with Gasteiger partial charge in [0.25, 0.3) is 0 Å². The lowest BCUT2D eigenvalue weighted by Crippen LogP contribution is -2.49. The topological polar surface area (TPSA) is 91.8 Å². The molecule has 4 amide bonds. The molecule has 0 aromatic carbocycles. The number of urea groups is 1. The van der Waals surface area contributed by atoms with E-state index in [2.05, 4.69) is 0 Å². The Balaban J connectivity index is 3.41. The van der Waals surface area contributed by atoms with Crippen LogP contribution >= 0.6 is 0 Å². The summed E-state index contributed by atoms with van der Waals surface area (Å²) in [5.41, 5.74) is 0. The molecule has 110 valence electrons. The van der Waals surface area contributed by atoms with Gasteiger partial charge in [-0.1, -0.05) is 13.8 Å². The zero-order valence-electron chi connectivity index (χ0n) is 12.0. The van der Waals surface area contributed by atoms with Gasteiger partial charge < -0.3 is 0 Å². The van der Waals surface area contributed by atoms with Crippen molar-refractivity contribution < 1.29 is 24.0 Å². The first kappa shape index (κ1) is 16.0. The second kappa shape index (κ2) is 5.94. The number of imide groups is 2. The molecule has 1 aliphatic heterocycles. The van der Waals surface area contributed by atoms with Crippen LogP contribution in [0.3, 0.4) is 0 Å². The molecule has 20 heavy (non-hydrogen) atoms. The predicted octanol–water partition coefficient (Wildman–Crippen LogP) is 0.512. The average molecular weight is 282 g/mol. The Morgan fingerprint density at radius 2 is 1.15 bits per heavy atom. The van der Waals surface area contributed by atoms with Gasteiger partial charge in [-0.3, -0.25) is 29.0 Å². The second-order valence-electron chi connectivity index (χ2n) is 4.59. The van der Waals surface area contributed by atoms with Gasteiger partial charge in [0, 0.05) is 26.7 Å². The van der Waals surface area contributed by atoms with Gasteiger partial charge in [-0.2, -0.15) is 0 Å². The van der Waals surface area contributed by atoms with E-state index in [4.69, 9.17) is 0 Å². The lowest BCUT2D eigenvalue weighted by atomic mass is 9.96. The molecule has 0 saturated carbocycles. The fraction of sp³-hybridized carbons (Fsp3) is 0.615. The summed E-state index contributed by atoms with van der Waals surface area (Å²) in [6.45, 7) is 5.42. The summed E-state index contributed by atoms with van der Waals surface area (Å²) < 4.78 is 0. The van der Waals surface area contributed by atoms with Crippen LogP contribution in [-0.2, 0) is 19.2 Å². The van der Waals surface area contributed by atoms with Crippen LogP contribution in [0.25, 0.3) is 0 Å². The van der Waals surface area contributed by atoms with E-state index in [1.165, 1.54) is 0 Å². The summed E-state index contributed by atoms with van der Waals surface area (Å²) in [5, 5.41) is 0. The van der Waals surface area contributed by atoms with Crippen molar-refractivity contribution in [1.82, 2.24) is 9.80 Å². The Bertz CT molecular complexity index is 443. The highest BCUT2D eigenvalue weighted by molar-refractivity contribution is 6.13. The van der Waals surface area contributed by atoms with Crippen molar-refractivity contribution in [3.63, 3.8) is 0 Å². The van der Waals surface area contributed by atoms with Crippen molar-refractivity contribution in [2.75, 3.05) is 0 Å². The number of amides is 4. The van der Waals surface area contributed by atoms with Crippen LogP contribution in [0, 0.1) is 0 Å². The SMILES string of the molecule is CCC(=O)C1C(C(=O)CC)N(C(C)=O)C(=O)N1C(C)=O. The van der Waals surface area contributed by atoms with Crippen LogP contribution in [0.4, 0.5) is 4.79 Å². The fourth-order valence-corrected chi connectivity index (χ4v) is 2.36. The molecule has 0 aliphatic carbocycles. The molecule has 7 heteroatoms. The van der Waals surface area contributed by atoms with E-state index in [1.54, 1.807) is 13.8 Å². The molecule has 0 N–H and O–H groups in total. The van der Waals surface area contributed by atoms with Gasteiger partial charge in [0.15, 0.2) is 11.6 Å². The summed E-state index contributed by atoms with van der Waals surface area (Å²) in [4.78, 5) is 60.9. The molecule has 2 atom stereocenters. The molecule has 1 heterocycles. The van der Waals surface area contributed by atoms with Crippen molar-refractivity contribution >= 4 is 29.4 Å². The number of carbonyl (C=O) groups is 5. The number of Topliss-reactive ketones (excluding diaryl/α,β-unsaturated/α-hetero) is 2. The van der Waals surface area contributed by atoms with E-state index in [0.29, 0.717) is 9.80 Å². The lowest BCUT2D eigenvalue weighted by molar-refractivity contribution is -0.138. The van der Waals surface area contributed by atoms with Gasteiger partial charge >= 0.3 is 6.03 Å². The zero-order valence-corrected chi connectivity index (χ0v) is 12.0. The standard InChI is InChI=1S/C13H18N2O5/c1-5-9(18)11-12(10(19)6-2)15(8(4)17)13(20)14(11)7(3)16/h11-12H,5-6H2,1-4H3. The molecule has 1 aliphatic rings. The maximum absolute atomic E-state index is 12.2. The van der Waals surface area contributed by atoms with Crippen molar-refractivity contribution in [2.45, 2.75) is 52.6 Å². The Labute approximate surface area is 116 Å². The van der Waals surface area contributed by atoms with E-state index in [-0.39, 0.29) is 12.8 Å². The Morgan fingerprint density at radius 1 is 0.850 bits per heavy atom. The molecule has 0 bridgehead atoms. The molecule has 1 saturated heterocycles. The normalized spacial score (nSPS) is 22.1. The number of rotatable bonds is 4. The van der Waals surface area contributed by atoms with Crippen molar-refractivity contribution in [1.29, 1.82) is 0 Å². The van der Waals surface area contributed by atoms with Gasteiger partial charge in [0.05, 0.1) is 0 Å². The largest absolute Gasteiger partial charge is 0.334 e. The summed E-state index contributed by atoms with van der Waals surface area (Å²) in [6.07, 6.45) is 0.141. The Morgan fingerprint density at radius 3 is 1.35 bits per heavy atom. The molecule has 0 aromatic heterocycles. The van der Waals surface area contributed by atoms with E-state index in [9.17, 15) is 24.0 Å². The van der Waals surface area contributed by atoms with Gasteiger partial charge in [-0.05, 0) is 0 Å². The predicted molar refractivity (Wildman–Crippen MR) is 68.6 cm³/mol. The molecule has 7 nitrogen and oxygen atoms in total.